The standard InChI is InChI=1S/C35H57N3O7/c1-10-26-12-13-27(18-31(26)43-17-11-16-42-9)32(39)37(25(4)5)21-28-19-36(33(40)45-35(6,7)8)20-29(28)22-38(30-14-15-30)34(41)44-23-24(2)3/h12-13,18,24-25,28-30H,10-11,14-17,19-23H2,1-9H3/t28-,29-/m0/s1. The molecule has 1 aromatic carbocycles. The molecule has 10 heteroatoms. The minimum atomic E-state index is -0.626. The van der Waals surface area contributed by atoms with Crippen LogP contribution in [0.5, 0.6) is 5.75 Å². The van der Waals surface area contributed by atoms with E-state index in [9.17, 15) is 14.4 Å². The van der Waals surface area contributed by atoms with Crippen LogP contribution >= 0.6 is 0 Å². The largest absolute Gasteiger partial charge is 0.493 e. The number of rotatable bonds is 15. The van der Waals surface area contributed by atoms with Gasteiger partial charge in [0.1, 0.15) is 11.4 Å². The first-order valence-corrected chi connectivity index (χ1v) is 16.7. The maximum atomic E-state index is 14.1. The van der Waals surface area contributed by atoms with Crippen molar-refractivity contribution >= 4 is 18.1 Å². The first-order valence-electron chi connectivity index (χ1n) is 16.7. The Morgan fingerprint density at radius 2 is 1.67 bits per heavy atom. The maximum absolute atomic E-state index is 14.1. The Morgan fingerprint density at radius 1 is 1.00 bits per heavy atom. The fourth-order valence-corrected chi connectivity index (χ4v) is 5.61. The van der Waals surface area contributed by atoms with E-state index in [2.05, 4.69) is 6.92 Å². The van der Waals surface area contributed by atoms with Crippen molar-refractivity contribution in [1.29, 1.82) is 0 Å². The lowest BCUT2D eigenvalue weighted by atomic mass is 9.94. The van der Waals surface area contributed by atoms with Gasteiger partial charge >= 0.3 is 12.2 Å². The highest BCUT2D eigenvalue weighted by atomic mass is 16.6. The third kappa shape index (κ3) is 11.1. The van der Waals surface area contributed by atoms with Crippen molar-refractivity contribution in [3.63, 3.8) is 0 Å². The SMILES string of the molecule is CCc1ccc(C(=O)N(C[C@@H]2CN(C(=O)OC(C)(C)C)C[C@H]2CN(C(=O)OCC(C)C)C2CC2)C(C)C)cc1OCCCOC. The van der Waals surface area contributed by atoms with E-state index in [4.69, 9.17) is 18.9 Å². The second-order valence-corrected chi connectivity index (χ2v) is 14.2. The molecule has 0 aromatic heterocycles. The zero-order valence-corrected chi connectivity index (χ0v) is 29.1. The quantitative estimate of drug-likeness (QED) is 0.211. The molecular weight excluding hydrogens is 574 g/mol. The topological polar surface area (TPSA) is 97.9 Å². The Morgan fingerprint density at radius 3 is 2.22 bits per heavy atom. The molecule has 2 fully saturated rings. The van der Waals surface area contributed by atoms with E-state index < -0.39 is 5.60 Å². The predicted octanol–water partition coefficient (Wildman–Crippen LogP) is 6.26. The molecule has 45 heavy (non-hydrogen) atoms. The van der Waals surface area contributed by atoms with Crippen LogP contribution in [0.25, 0.3) is 0 Å². The van der Waals surface area contributed by atoms with Gasteiger partial charge in [-0.1, -0.05) is 26.8 Å². The molecule has 1 saturated heterocycles. The average Bonchev–Trinajstić information content (AvgIpc) is 3.73. The van der Waals surface area contributed by atoms with E-state index in [0.717, 1.165) is 37.0 Å². The van der Waals surface area contributed by atoms with E-state index in [0.29, 0.717) is 51.6 Å². The van der Waals surface area contributed by atoms with Crippen LogP contribution in [-0.4, -0.2) is 104 Å². The first kappa shape index (κ1) is 36.5. The molecule has 254 valence electrons. The third-order valence-electron chi connectivity index (χ3n) is 8.18. The number of aryl methyl sites for hydroxylation is 1. The monoisotopic (exact) mass is 631 g/mol. The molecule has 0 spiro atoms. The van der Waals surface area contributed by atoms with E-state index in [1.165, 1.54) is 0 Å². The van der Waals surface area contributed by atoms with Crippen LogP contribution in [0.4, 0.5) is 9.59 Å². The number of ether oxygens (including phenoxy) is 4. The molecule has 1 aliphatic heterocycles. The van der Waals surface area contributed by atoms with Gasteiger partial charge in [-0.05, 0) is 77.5 Å². The molecule has 10 nitrogen and oxygen atoms in total. The zero-order chi connectivity index (χ0) is 33.3. The molecule has 1 heterocycles. The summed E-state index contributed by atoms with van der Waals surface area (Å²) in [7, 11) is 1.67. The molecule has 0 N–H and O–H groups in total. The normalized spacial score (nSPS) is 18.3. The zero-order valence-electron chi connectivity index (χ0n) is 29.1. The summed E-state index contributed by atoms with van der Waals surface area (Å²) >= 11 is 0. The van der Waals surface area contributed by atoms with Gasteiger partial charge in [-0.15, -0.1) is 0 Å². The molecule has 2 aliphatic rings. The van der Waals surface area contributed by atoms with Gasteiger partial charge in [0.2, 0.25) is 0 Å². The summed E-state index contributed by atoms with van der Waals surface area (Å²) in [6.45, 7) is 19.0. The molecule has 0 bridgehead atoms. The van der Waals surface area contributed by atoms with Crippen LogP contribution in [0.1, 0.15) is 90.6 Å². The van der Waals surface area contributed by atoms with Gasteiger partial charge in [0.25, 0.3) is 5.91 Å². The molecule has 2 atom stereocenters. The molecule has 0 radical (unpaired) electrons. The Kier molecular flexibility index (Phi) is 13.4. The van der Waals surface area contributed by atoms with Gasteiger partial charge in [-0.2, -0.15) is 0 Å². The third-order valence-corrected chi connectivity index (χ3v) is 8.18. The Bertz CT molecular complexity index is 1130. The van der Waals surface area contributed by atoms with Crippen LogP contribution in [0, 0.1) is 17.8 Å². The number of hydrogen-bond acceptors (Lipinski definition) is 7. The number of amides is 3. The summed E-state index contributed by atoms with van der Waals surface area (Å²) in [4.78, 5) is 45.9. The van der Waals surface area contributed by atoms with Crippen molar-refractivity contribution in [1.82, 2.24) is 14.7 Å². The molecule has 1 aromatic rings. The van der Waals surface area contributed by atoms with Gasteiger partial charge in [-0.25, -0.2) is 9.59 Å². The van der Waals surface area contributed by atoms with E-state index in [1.54, 1.807) is 12.0 Å². The van der Waals surface area contributed by atoms with Crippen LogP contribution < -0.4 is 4.74 Å². The molecule has 3 rings (SSSR count). The molecule has 3 amide bonds. The van der Waals surface area contributed by atoms with Crippen LogP contribution in [0.3, 0.4) is 0 Å². The molecule has 1 aliphatic carbocycles. The second kappa shape index (κ2) is 16.5. The van der Waals surface area contributed by atoms with E-state index >= 15 is 0 Å². The van der Waals surface area contributed by atoms with Crippen molar-refractivity contribution in [3.05, 3.63) is 29.3 Å². The molecular formula is C35H57N3O7. The van der Waals surface area contributed by atoms with Crippen LogP contribution in [0.2, 0.25) is 0 Å². The minimum Gasteiger partial charge on any atom is -0.493 e. The number of carbonyl (C=O) groups is 3. The average molecular weight is 632 g/mol. The first-order chi connectivity index (χ1) is 21.2. The van der Waals surface area contributed by atoms with Gasteiger partial charge in [0.05, 0.1) is 13.2 Å². The summed E-state index contributed by atoms with van der Waals surface area (Å²) in [5.41, 5.74) is 0.991. The van der Waals surface area contributed by atoms with Crippen molar-refractivity contribution in [3.8, 4) is 5.75 Å². The fourth-order valence-electron chi connectivity index (χ4n) is 5.61. The minimum absolute atomic E-state index is 0.0408. The number of nitrogens with zero attached hydrogens (tertiary/aromatic N) is 3. The number of carbonyl (C=O) groups excluding carboxylic acids is 3. The number of hydrogen-bond donors (Lipinski definition) is 0. The highest BCUT2D eigenvalue weighted by Gasteiger charge is 2.43. The Labute approximate surface area is 270 Å². The Balaban J connectivity index is 1.84. The molecule has 0 unspecified atom stereocenters. The van der Waals surface area contributed by atoms with Gasteiger partial charge in [0.15, 0.2) is 0 Å². The van der Waals surface area contributed by atoms with Crippen molar-refractivity contribution < 1.29 is 33.3 Å². The molecule has 1 saturated carbocycles. The van der Waals surface area contributed by atoms with Crippen molar-refractivity contribution in [2.45, 2.75) is 98.8 Å². The summed E-state index contributed by atoms with van der Waals surface area (Å²) in [5.74, 6) is 0.783. The van der Waals surface area contributed by atoms with Crippen LogP contribution in [-0.2, 0) is 20.6 Å². The lowest BCUT2D eigenvalue weighted by molar-refractivity contribution is 0.0280. The highest BCUT2D eigenvalue weighted by Crippen LogP contribution is 2.34. The van der Waals surface area contributed by atoms with Gasteiger partial charge in [-0.3, -0.25) is 4.79 Å². The summed E-state index contributed by atoms with van der Waals surface area (Å²) in [5, 5.41) is 0. The van der Waals surface area contributed by atoms with Gasteiger partial charge in [0, 0.05) is 75.8 Å². The summed E-state index contributed by atoms with van der Waals surface area (Å²) in [6.07, 6.45) is 2.78. The summed E-state index contributed by atoms with van der Waals surface area (Å²) in [6, 6.07) is 5.76. The van der Waals surface area contributed by atoms with E-state index in [-0.39, 0.29) is 47.9 Å². The number of methoxy groups -OCH3 is 1. The maximum Gasteiger partial charge on any atom is 0.410 e. The Hall–Kier alpha value is -3.01. The fraction of sp³-hybridized carbons (Fsp3) is 0.743. The van der Waals surface area contributed by atoms with Crippen LogP contribution in [0.15, 0.2) is 18.2 Å². The summed E-state index contributed by atoms with van der Waals surface area (Å²) < 4.78 is 22.6. The van der Waals surface area contributed by atoms with E-state index in [1.807, 2.05) is 76.5 Å². The second-order valence-electron chi connectivity index (χ2n) is 14.2. The smallest absolute Gasteiger partial charge is 0.410 e. The predicted molar refractivity (Wildman–Crippen MR) is 175 cm³/mol. The van der Waals surface area contributed by atoms with Gasteiger partial charge < -0.3 is 33.6 Å². The lowest BCUT2D eigenvalue weighted by Crippen LogP contribution is -2.45. The van der Waals surface area contributed by atoms with Crippen molar-refractivity contribution in [2.75, 3.05) is 53.1 Å². The highest BCUT2D eigenvalue weighted by molar-refractivity contribution is 5.95. The number of likely N-dealkylation sites (tertiary alicyclic amines) is 1. The lowest BCUT2D eigenvalue weighted by Gasteiger charge is -2.33. The van der Waals surface area contributed by atoms with Crippen molar-refractivity contribution in [2.24, 2.45) is 17.8 Å². The number of benzene rings is 1.